The van der Waals surface area contributed by atoms with Gasteiger partial charge >= 0.3 is 0 Å². The third-order valence-corrected chi connectivity index (χ3v) is 10.7. The molecule has 0 aliphatic rings. The molecule has 0 aliphatic carbocycles. The fraction of sp³-hybridized carbons (Fsp3) is 0. The molecule has 2 aromatic heterocycles. The van der Waals surface area contributed by atoms with E-state index in [4.69, 9.17) is 13.8 Å². The summed E-state index contributed by atoms with van der Waals surface area (Å²) in [5, 5.41) is 6.79. The molecule has 0 aliphatic heterocycles. The lowest BCUT2D eigenvalue weighted by molar-refractivity contribution is 0.619. The number of hydrogen-bond donors (Lipinski definition) is 0. The third kappa shape index (κ3) is 5.11. The first-order valence-corrected chi connectivity index (χ1v) is 18.5. The van der Waals surface area contributed by atoms with E-state index in [2.05, 4.69) is 150 Å². The molecule has 9 aromatic carbocycles. The summed E-state index contributed by atoms with van der Waals surface area (Å²) < 4.78 is 12.8. The Morgan fingerprint density at radius 1 is 0.382 bits per heavy atom. The topological polar surface area (TPSA) is 42.4 Å². The fourth-order valence-electron chi connectivity index (χ4n) is 8.21. The van der Waals surface area contributed by atoms with Crippen LogP contribution in [-0.4, -0.2) is 4.98 Å². The van der Waals surface area contributed by atoms with E-state index >= 15 is 0 Å². The Balaban J connectivity index is 1.17. The zero-order valence-corrected chi connectivity index (χ0v) is 29.7. The first-order valence-electron chi connectivity index (χ1n) is 18.5. The van der Waals surface area contributed by atoms with Crippen LogP contribution in [0, 0.1) is 0 Å². The molecule has 2 heterocycles. The van der Waals surface area contributed by atoms with Gasteiger partial charge in [-0.3, -0.25) is 0 Å². The summed E-state index contributed by atoms with van der Waals surface area (Å²) in [5.74, 6) is 0.590. The minimum absolute atomic E-state index is 0.590. The zero-order chi connectivity index (χ0) is 36.3. The molecule has 4 heteroatoms. The Kier molecular flexibility index (Phi) is 7.14. The molecule has 4 nitrogen and oxygen atoms in total. The van der Waals surface area contributed by atoms with Crippen LogP contribution in [0.2, 0.25) is 0 Å². The number of oxazole rings is 1. The molecule has 258 valence electrons. The van der Waals surface area contributed by atoms with Crippen molar-refractivity contribution in [3.8, 4) is 33.7 Å². The van der Waals surface area contributed by atoms with Crippen LogP contribution in [0.4, 0.5) is 17.1 Å². The predicted molar refractivity (Wildman–Crippen MR) is 227 cm³/mol. The van der Waals surface area contributed by atoms with Gasteiger partial charge in [0.05, 0.1) is 16.8 Å². The highest BCUT2D eigenvalue weighted by molar-refractivity contribution is 6.21. The first-order chi connectivity index (χ1) is 27.3. The van der Waals surface area contributed by atoms with Crippen molar-refractivity contribution >= 4 is 71.6 Å². The summed E-state index contributed by atoms with van der Waals surface area (Å²) in [4.78, 5) is 7.48. The second-order valence-electron chi connectivity index (χ2n) is 13.9. The van der Waals surface area contributed by atoms with E-state index in [1.807, 2.05) is 48.5 Å². The van der Waals surface area contributed by atoms with Gasteiger partial charge in [-0.15, -0.1) is 0 Å². The number of fused-ring (bicyclic) bond motifs is 8. The van der Waals surface area contributed by atoms with Crippen LogP contribution in [0.25, 0.3) is 88.3 Å². The Morgan fingerprint density at radius 3 is 1.87 bits per heavy atom. The van der Waals surface area contributed by atoms with Crippen molar-refractivity contribution < 1.29 is 8.83 Å². The minimum atomic E-state index is 0.590. The maximum atomic E-state index is 6.52. The molecular formula is C51H32N2O2. The number of rotatable bonds is 6. The average molecular weight is 705 g/mol. The quantitative estimate of drug-likeness (QED) is 0.162. The van der Waals surface area contributed by atoms with Crippen molar-refractivity contribution in [2.24, 2.45) is 0 Å². The Morgan fingerprint density at radius 2 is 1.02 bits per heavy atom. The molecule has 0 saturated carbocycles. The van der Waals surface area contributed by atoms with Gasteiger partial charge in [0, 0.05) is 27.6 Å². The van der Waals surface area contributed by atoms with Crippen molar-refractivity contribution in [2.45, 2.75) is 0 Å². The predicted octanol–water partition coefficient (Wildman–Crippen LogP) is 14.5. The molecule has 11 rings (SSSR count). The molecule has 0 unspecified atom stereocenters. The molecule has 0 atom stereocenters. The van der Waals surface area contributed by atoms with Crippen molar-refractivity contribution in [3.05, 3.63) is 194 Å². The zero-order valence-electron chi connectivity index (χ0n) is 29.7. The van der Waals surface area contributed by atoms with E-state index in [0.717, 1.165) is 77.9 Å². The van der Waals surface area contributed by atoms with Gasteiger partial charge in [-0.05, 0) is 87.4 Å². The van der Waals surface area contributed by atoms with Crippen molar-refractivity contribution in [2.75, 3.05) is 4.90 Å². The number of para-hydroxylation sites is 1. The van der Waals surface area contributed by atoms with Gasteiger partial charge < -0.3 is 13.7 Å². The second kappa shape index (κ2) is 12.6. The molecule has 0 amide bonds. The highest BCUT2D eigenvalue weighted by Gasteiger charge is 2.23. The van der Waals surface area contributed by atoms with Gasteiger partial charge in [0.2, 0.25) is 5.89 Å². The number of benzene rings is 9. The van der Waals surface area contributed by atoms with E-state index in [1.54, 1.807) is 0 Å². The van der Waals surface area contributed by atoms with Crippen LogP contribution in [0.5, 0.6) is 0 Å². The van der Waals surface area contributed by atoms with Crippen LogP contribution in [0.1, 0.15) is 0 Å². The van der Waals surface area contributed by atoms with Crippen LogP contribution >= 0.6 is 0 Å². The van der Waals surface area contributed by atoms with Crippen molar-refractivity contribution in [3.63, 3.8) is 0 Å². The molecule has 0 N–H and O–H groups in total. The van der Waals surface area contributed by atoms with Crippen LogP contribution in [0.3, 0.4) is 0 Å². The number of furan rings is 1. The van der Waals surface area contributed by atoms with Gasteiger partial charge in [-0.25, -0.2) is 4.98 Å². The molecular weight excluding hydrogens is 673 g/mol. The van der Waals surface area contributed by atoms with Gasteiger partial charge in [0.15, 0.2) is 5.58 Å². The summed E-state index contributed by atoms with van der Waals surface area (Å²) in [5.41, 5.74) is 11.7. The number of hydrogen-bond acceptors (Lipinski definition) is 4. The van der Waals surface area contributed by atoms with E-state index in [0.29, 0.717) is 5.89 Å². The monoisotopic (exact) mass is 704 g/mol. The number of anilines is 3. The Labute approximate surface area is 317 Å². The average Bonchev–Trinajstić information content (AvgIpc) is 3.87. The molecule has 0 spiro atoms. The van der Waals surface area contributed by atoms with Crippen LogP contribution < -0.4 is 4.90 Å². The molecule has 0 radical (unpaired) electrons. The molecule has 55 heavy (non-hydrogen) atoms. The van der Waals surface area contributed by atoms with E-state index < -0.39 is 0 Å². The molecule has 0 fully saturated rings. The molecule has 0 saturated heterocycles. The maximum absolute atomic E-state index is 6.52. The lowest BCUT2D eigenvalue weighted by atomic mass is 9.96. The highest BCUT2D eigenvalue weighted by Crippen LogP contribution is 2.47. The van der Waals surface area contributed by atoms with Crippen molar-refractivity contribution in [1.82, 2.24) is 4.98 Å². The van der Waals surface area contributed by atoms with Gasteiger partial charge in [0.1, 0.15) is 16.7 Å². The minimum Gasteiger partial charge on any atom is -0.456 e. The van der Waals surface area contributed by atoms with E-state index in [9.17, 15) is 0 Å². The standard InChI is InChI=1S/C51H32N2O2/c1-3-15-33(16-4-1)39-23-11-12-27-43(39)53(44-32-36-19-7-8-22-38(36)41-24-9-10-25-42(41)44)37-21-13-20-35(31-37)40-26-14-28-45-48(40)49-46(54-45)29-30-47-50(49)52-51(55-47)34-17-5-2-6-18-34/h1-32H. The van der Waals surface area contributed by atoms with Gasteiger partial charge in [0.25, 0.3) is 0 Å². The van der Waals surface area contributed by atoms with Gasteiger partial charge in [-0.1, -0.05) is 140 Å². The smallest absolute Gasteiger partial charge is 0.227 e. The Hall–Kier alpha value is -7.43. The summed E-state index contributed by atoms with van der Waals surface area (Å²) in [6, 6.07) is 68.2. The normalized spacial score (nSPS) is 11.6. The lowest BCUT2D eigenvalue weighted by Crippen LogP contribution is -2.12. The third-order valence-electron chi connectivity index (χ3n) is 10.7. The molecule has 0 bridgehead atoms. The SMILES string of the molecule is c1ccc(-c2nc3c(ccc4oc5cccc(-c6cccc(N(c7ccccc7-c7ccccc7)c7cc8ccccc8c8ccccc78)c6)c5c43)o2)cc1. The van der Waals surface area contributed by atoms with E-state index in [1.165, 1.54) is 21.5 Å². The first kappa shape index (κ1) is 31.1. The fourth-order valence-corrected chi connectivity index (χ4v) is 8.21. The lowest BCUT2D eigenvalue weighted by Gasteiger charge is -2.30. The second-order valence-corrected chi connectivity index (χ2v) is 13.9. The van der Waals surface area contributed by atoms with Crippen LogP contribution in [0.15, 0.2) is 203 Å². The Bertz CT molecular complexity index is 3220. The van der Waals surface area contributed by atoms with Crippen LogP contribution in [-0.2, 0) is 0 Å². The number of aromatic nitrogens is 1. The maximum Gasteiger partial charge on any atom is 0.227 e. The summed E-state index contributed by atoms with van der Waals surface area (Å²) in [7, 11) is 0. The van der Waals surface area contributed by atoms with Gasteiger partial charge in [-0.2, -0.15) is 0 Å². The summed E-state index contributed by atoms with van der Waals surface area (Å²) >= 11 is 0. The largest absolute Gasteiger partial charge is 0.456 e. The highest BCUT2D eigenvalue weighted by atomic mass is 16.4. The van der Waals surface area contributed by atoms with E-state index in [-0.39, 0.29) is 0 Å². The van der Waals surface area contributed by atoms with Crippen molar-refractivity contribution in [1.29, 1.82) is 0 Å². The summed E-state index contributed by atoms with van der Waals surface area (Å²) in [6.07, 6.45) is 0. The molecule has 11 aromatic rings. The number of nitrogens with zero attached hydrogens (tertiary/aromatic N) is 2. The summed E-state index contributed by atoms with van der Waals surface area (Å²) in [6.45, 7) is 0.